The smallest absolute Gasteiger partial charge is 0.322 e. The fourth-order valence-corrected chi connectivity index (χ4v) is 1.92. The number of aromatic nitrogens is 2. The first-order valence-electron chi connectivity index (χ1n) is 6.51. The standard InChI is InChI=1S/C15H15N3O4/c1-8-3-4-10(5-16-8)11-6-17-13(14(21)9(11)2)15(22)18-7-12(19)20/h3-6,21H,7H2,1-2H3,(H,18,22)(H,19,20). The van der Waals surface area contributed by atoms with E-state index in [4.69, 9.17) is 5.11 Å². The van der Waals surface area contributed by atoms with Crippen molar-refractivity contribution in [3.8, 4) is 16.9 Å². The Balaban J connectivity index is 2.34. The zero-order valence-corrected chi connectivity index (χ0v) is 12.1. The lowest BCUT2D eigenvalue weighted by Gasteiger charge is -2.11. The minimum atomic E-state index is -1.17. The van der Waals surface area contributed by atoms with Gasteiger partial charge >= 0.3 is 5.97 Å². The third kappa shape index (κ3) is 3.20. The van der Waals surface area contributed by atoms with Gasteiger partial charge in [0, 0.05) is 34.8 Å². The molecule has 0 atom stereocenters. The van der Waals surface area contributed by atoms with E-state index in [-0.39, 0.29) is 11.4 Å². The van der Waals surface area contributed by atoms with Crippen LogP contribution in [0.2, 0.25) is 0 Å². The highest BCUT2D eigenvalue weighted by Crippen LogP contribution is 2.30. The van der Waals surface area contributed by atoms with Gasteiger partial charge in [0.1, 0.15) is 12.3 Å². The average Bonchev–Trinajstić information content (AvgIpc) is 2.48. The molecule has 1 amide bonds. The summed E-state index contributed by atoms with van der Waals surface area (Å²) in [7, 11) is 0. The lowest BCUT2D eigenvalue weighted by atomic mass is 10.0. The van der Waals surface area contributed by atoms with Gasteiger partial charge in [-0.3, -0.25) is 14.6 Å². The summed E-state index contributed by atoms with van der Waals surface area (Å²) in [5, 5.41) is 20.8. The molecule has 0 fully saturated rings. The average molecular weight is 301 g/mol. The van der Waals surface area contributed by atoms with Crippen LogP contribution in [-0.2, 0) is 4.79 Å². The molecule has 2 rings (SSSR count). The first-order valence-corrected chi connectivity index (χ1v) is 6.51. The molecule has 0 bridgehead atoms. The van der Waals surface area contributed by atoms with E-state index in [1.165, 1.54) is 6.20 Å². The molecular formula is C15H15N3O4. The zero-order valence-electron chi connectivity index (χ0n) is 12.1. The third-order valence-electron chi connectivity index (χ3n) is 3.14. The Hall–Kier alpha value is -2.96. The van der Waals surface area contributed by atoms with Gasteiger partial charge in [0.15, 0.2) is 5.69 Å². The molecule has 7 nitrogen and oxygen atoms in total. The second kappa shape index (κ2) is 6.21. The van der Waals surface area contributed by atoms with E-state index in [1.807, 2.05) is 19.1 Å². The summed E-state index contributed by atoms with van der Waals surface area (Å²) in [6.45, 7) is 2.98. The van der Waals surface area contributed by atoms with Crippen LogP contribution in [0.4, 0.5) is 0 Å². The van der Waals surface area contributed by atoms with Gasteiger partial charge in [0.25, 0.3) is 5.91 Å². The van der Waals surface area contributed by atoms with Crippen molar-refractivity contribution in [1.29, 1.82) is 0 Å². The van der Waals surface area contributed by atoms with Crippen molar-refractivity contribution in [1.82, 2.24) is 15.3 Å². The minimum Gasteiger partial charge on any atom is -0.505 e. The van der Waals surface area contributed by atoms with Crippen LogP contribution in [0.3, 0.4) is 0 Å². The van der Waals surface area contributed by atoms with Crippen LogP contribution in [-0.4, -0.2) is 38.6 Å². The molecule has 0 unspecified atom stereocenters. The topological polar surface area (TPSA) is 112 Å². The number of aliphatic carboxylic acids is 1. The molecule has 22 heavy (non-hydrogen) atoms. The van der Waals surface area contributed by atoms with Crippen molar-refractivity contribution in [3.05, 3.63) is 41.5 Å². The van der Waals surface area contributed by atoms with Crippen molar-refractivity contribution >= 4 is 11.9 Å². The predicted octanol–water partition coefficient (Wildman–Crippen LogP) is 1.28. The maximum Gasteiger partial charge on any atom is 0.322 e. The number of carboxylic acids is 1. The van der Waals surface area contributed by atoms with Crippen molar-refractivity contribution in [3.63, 3.8) is 0 Å². The molecule has 0 aliphatic carbocycles. The Morgan fingerprint density at radius 3 is 2.50 bits per heavy atom. The van der Waals surface area contributed by atoms with E-state index in [0.717, 1.165) is 11.3 Å². The number of hydrogen-bond acceptors (Lipinski definition) is 5. The summed E-state index contributed by atoms with van der Waals surface area (Å²) < 4.78 is 0. The molecule has 0 saturated carbocycles. The van der Waals surface area contributed by atoms with Crippen molar-refractivity contribution < 1.29 is 19.8 Å². The number of pyridine rings is 2. The Morgan fingerprint density at radius 1 is 1.18 bits per heavy atom. The fourth-order valence-electron chi connectivity index (χ4n) is 1.92. The molecule has 2 aromatic heterocycles. The molecule has 3 N–H and O–H groups in total. The highest BCUT2D eigenvalue weighted by Gasteiger charge is 2.18. The molecule has 0 spiro atoms. The normalized spacial score (nSPS) is 10.3. The van der Waals surface area contributed by atoms with Crippen LogP contribution in [0.25, 0.3) is 11.1 Å². The van der Waals surface area contributed by atoms with Gasteiger partial charge in [-0.05, 0) is 19.9 Å². The summed E-state index contributed by atoms with van der Waals surface area (Å²) in [5.74, 6) is -2.19. The first-order chi connectivity index (χ1) is 10.4. The van der Waals surface area contributed by atoms with Crippen LogP contribution < -0.4 is 5.32 Å². The van der Waals surface area contributed by atoms with Gasteiger partial charge in [-0.25, -0.2) is 4.98 Å². The Kier molecular flexibility index (Phi) is 4.36. The number of rotatable bonds is 4. The summed E-state index contributed by atoms with van der Waals surface area (Å²) in [6.07, 6.45) is 3.11. The fraction of sp³-hybridized carbons (Fsp3) is 0.200. The number of aromatic hydroxyl groups is 1. The third-order valence-corrected chi connectivity index (χ3v) is 3.14. The van der Waals surface area contributed by atoms with Crippen LogP contribution in [0.5, 0.6) is 5.75 Å². The van der Waals surface area contributed by atoms with Crippen LogP contribution in [0, 0.1) is 13.8 Å². The maximum atomic E-state index is 11.8. The SMILES string of the molecule is Cc1ccc(-c2cnc(C(=O)NCC(=O)O)c(O)c2C)cn1. The number of amides is 1. The van der Waals surface area contributed by atoms with Gasteiger partial charge in [-0.1, -0.05) is 6.07 Å². The predicted molar refractivity (Wildman–Crippen MR) is 78.6 cm³/mol. The zero-order chi connectivity index (χ0) is 16.3. The number of nitrogens with zero attached hydrogens (tertiary/aromatic N) is 2. The molecule has 0 radical (unpaired) electrons. The Bertz CT molecular complexity index is 726. The molecule has 114 valence electrons. The number of carbonyl (C=O) groups is 2. The van der Waals surface area contributed by atoms with E-state index >= 15 is 0 Å². The number of hydrogen-bond donors (Lipinski definition) is 3. The van der Waals surface area contributed by atoms with Crippen molar-refractivity contribution in [2.24, 2.45) is 0 Å². The summed E-state index contributed by atoms with van der Waals surface area (Å²) in [4.78, 5) is 30.4. The van der Waals surface area contributed by atoms with Gasteiger partial charge < -0.3 is 15.5 Å². The molecular weight excluding hydrogens is 286 g/mol. The number of nitrogens with one attached hydrogen (secondary N) is 1. The van der Waals surface area contributed by atoms with Crippen LogP contribution >= 0.6 is 0 Å². The Labute approximate surface area is 126 Å². The lowest BCUT2D eigenvalue weighted by molar-refractivity contribution is -0.135. The highest BCUT2D eigenvalue weighted by molar-refractivity contribution is 5.97. The van der Waals surface area contributed by atoms with Gasteiger partial charge in [0.05, 0.1) is 0 Å². The van der Waals surface area contributed by atoms with E-state index in [2.05, 4.69) is 15.3 Å². The second-order valence-electron chi connectivity index (χ2n) is 4.76. The highest BCUT2D eigenvalue weighted by atomic mass is 16.4. The monoisotopic (exact) mass is 301 g/mol. The molecule has 0 aromatic carbocycles. The van der Waals surface area contributed by atoms with Crippen molar-refractivity contribution in [2.45, 2.75) is 13.8 Å². The largest absolute Gasteiger partial charge is 0.505 e. The molecule has 2 heterocycles. The lowest BCUT2D eigenvalue weighted by Crippen LogP contribution is -2.30. The van der Waals surface area contributed by atoms with E-state index < -0.39 is 18.4 Å². The van der Waals surface area contributed by atoms with Crippen LogP contribution in [0.1, 0.15) is 21.7 Å². The molecule has 2 aromatic rings. The van der Waals surface area contributed by atoms with Gasteiger partial charge in [-0.15, -0.1) is 0 Å². The summed E-state index contributed by atoms with van der Waals surface area (Å²) >= 11 is 0. The molecule has 0 aliphatic heterocycles. The van der Waals surface area contributed by atoms with Gasteiger partial charge in [0.2, 0.25) is 0 Å². The summed E-state index contributed by atoms with van der Waals surface area (Å²) in [5.41, 5.74) is 2.55. The summed E-state index contributed by atoms with van der Waals surface area (Å²) in [6, 6.07) is 3.68. The molecule has 7 heteroatoms. The van der Waals surface area contributed by atoms with Gasteiger partial charge in [-0.2, -0.15) is 0 Å². The number of carboxylic acid groups (broad SMARTS) is 1. The minimum absolute atomic E-state index is 0.206. The molecule has 0 saturated heterocycles. The maximum absolute atomic E-state index is 11.8. The first kappa shape index (κ1) is 15.4. The molecule has 0 aliphatic rings. The number of carbonyl (C=O) groups excluding carboxylic acids is 1. The quantitative estimate of drug-likeness (QED) is 0.784. The number of aryl methyl sites for hydroxylation is 1. The van der Waals surface area contributed by atoms with Crippen LogP contribution in [0.15, 0.2) is 24.5 Å². The van der Waals surface area contributed by atoms with Crippen molar-refractivity contribution in [2.75, 3.05) is 6.54 Å². The van der Waals surface area contributed by atoms with E-state index in [0.29, 0.717) is 11.1 Å². The van der Waals surface area contributed by atoms with E-state index in [1.54, 1.807) is 13.1 Å². The Morgan fingerprint density at radius 2 is 1.91 bits per heavy atom. The van der Waals surface area contributed by atoms with E-state index in [9.17, 15) is 14.7 Å². The second-order valence-corrected chi connectivity index (χ2v) is 4.76.